The van der Waals surface area contributed by atoms with Gasteiger partial charge in [0.1, 0.15) is 5.75 Å². The first-order valence-electron chi connectivity index (χ1n) is 11.8. The van der Waals surface area contributed by atoms with E-state index in [-0.39, 0.29) is 23.8 Å². The fourth-order valence-corrected chi connectivity index (χ4v) is 4.07. The summed E-state index contributed by atoms with van der Waals surface area (Å²) in [6.45, 7) is 3.57. The van der Waals surface area contributed by atoms with E-state index in [9.17, 15) is 19.7 Å². The maximum atomic E-state index is 13.2. The number of benzene rings is 3. The van der Waals surface area contributed by atoms with Crippen LogP contribution < -0.4 is 20.3 Å². The molecule has 9 nitrogen and oxygen atoms in total. The lowest BCUT2D eigenvalue weighted by atomic mass is 9.98. The van der Waals surface area contributed by atoms with E-state index in [1.54, 1.807) is 42.5 Å². The molecule has 0 spiro atoms. The fraction of sp³-hybridized carbons (Fsp3) is 0.259. The van der Waals surface area contributed by atoms with Crippen molar-refractivity contribution in [2.45, 2.75) is 19.8 Å². The first-order chi connectivity index (χ1) is 17.4. The SMILES string of the molecule is CC1CCN(c2ccc([N+](=O)[O-])cc2C(=O)Nc2cccc(OCC(=O)Nc3ccccc3)c2)CC1. The number of anilines is 3. The maximum absolute atomic E-state index is 13.2. The van der Waals surface area contributed by atoms with E-state index in [0.717, 1.165) is 25.9 Å². The second-order valence-corrected chi connectivity index (χ2v) is 8.81. The highest BCUT2D eigenvalue weighted by atomic mass is 16.6. The van der Waals surface area contributed by atoms with E-state index in [1.807, 2.05) is 18.2 Å². The zero-order valence-corrected chi connectivity index (χ0v) is 20.0. The lowest BCUT2D eigenvalue weighted by Crippen LogP contribution is -2.34. The van der Waals surface area contributed by atoms with Gasteiger partial charge in [0, 0.05) is 42.7 Å². The molecule has 1 heterocycles. The number of para-hydroxylation sites is 1. The van der Waals surface area contributed by atoms with Crippen LogP contribution in [0.2, 0.25) is 0 Å². The molecular formula is C27H28N4O5. The number of nitrogens with one attached hydrogen (secondary N) is 2. The van der Waals surface area contributed by atoms with Crippen molar-refractivity contribution in [3.8, 4) is 5.75 Å². The molecule has 3 aromatic rings. The Bertz CT molecular complexity index is 1240. The molecular weight excluding hydrogens is 460 g/mol. The number of carbonyl (C=O) groups is 2. The van der Waals surface area contributed by atoms with E-state index in [2.05, 4.69) is 22.5 Å². The van der Waals surface area contributed by atoms with Crippen molar-refractivity contribution in [3.63, 3.8) is 0 Å². The molecule has 0 unspecified atom stereocenters. The van der Waals surface area contributed by atoms with Crippen LogP contribution >= 0.6 is 0 Å². The van der Waals surface area contributed by atoms with Gasteiger partial charge in [-0.1, -0.05) is 31.2 Å². The Hall–Kier alpha value is -4.40. The third-order valence-corrected chi connectivity index (χ3v) is 6.08. The molecule has 1 aliphatic heterocycles. The Morgan fingerprint density at radius 2 is 1.69 bits per heavy atom. The van der Waals surface area contributed by atoms with Crippen LogP contribution in [0.15, 0.2) is 72.8 Å². The number of nitro benzene ring substituents is 1. The Morgan fingerprint density at radius 1 is 0.972 bits per heavy atom. The topological polar surface area (TPSA) is 114 Å². The Morgan fingerprint density at radius 3 is 2.42 bits per heavy atom. The zero-order chi connectivity index (χ0) is 25.5. The summed E-state index contributed by atoms with van der Waals surface area (Å²) in [5.74, 6) is 0.244. The van der Waals surface area contributed by atoms with Gasteiger partial charge < -0.3 is 20.3 Å². The molecule has 0 aromatic heterocycles. The molecule has 1 fully saturated rings. The van der Waals surface area contributed by atoms with Crippen molar-refractivity contribution in [1.29, 1.82) is 0 Å². The quantitative estimate of drug-likeness (QED) is 0.337. The molecule has 3 aromatic carbocycles. The van der Waals surface area contributed by atoms with Gasteiger partial charge in [-0.3, -0.25) is 19.7 Å². The second-order valence-electron chi connectivity index (χ2n) is 8.81. The summed E-state index contributed by atoms with van der Waals surface area (Å²) in [4.78, 5) is 38.4. The summed E-state index contributed by atoms with van der Waals surface area (Å²) in [6.07, 6.45) is 1.99. The van der Waals surface area contributed by atoms with Gasteiger partial charge in [-0.15, -0.1) is 0 Å². The highest BCUT2D eigenvalue weighted by Gasteiger charge is 2.23. The molecule has 0 saturated carbocycles. The monoisotopic (exact) mass is 488 g/mol. The van der Waals surface area contributed by atoms with Crippen molar-refractivity contribution in [3.05, 3.63) is 88.5 Å². The number of carbonyl (C=O) groups excluding carboxylic acids is 2. The van der Waals surface area contributed by atoms with Crippen molar-refractivity contribution >= 4 is 34.6 Å². The van der Waals surface area contributed by atoms with Crippen molar-refractivity contribution in [2.24, 2.45) is 5.92 Å². The largest absolute Gasteiger partial charge is 0.484 e. The van der Waals surface area contributed by atoms with Gasteiger partial charge in [0.15, 0.2) is 6.61 Å². The van der Waals surface area contributed by atoms with Gasteiger partial charge in [-0.05, 0) is 49.1 Å². The summed E-state index contributed by atoms with van der Waals surface area (Å²) in [6, 6.07) is 20.1. The summed E-state index contributed by atoms with van der Waals surface area (Å²) < 4.78 is 5.59. The number of hydrogen-bond acceptors (Lipinski definition) is 6. The number of nitro groups is 1. The number of ether oxygens (including phenoxy) is 1. The number of amides is 2. The summed E-state index contributed by atoms with van der Waals surface area (Å²) in [7, 11) is 0. The fourth-order valence-electron chi connectivity index (χ4n) is 4.07. The third-order valence-electron chi connectivity index (χ3n) is 6.08. The van der Waals surface area contributed by atoms with Crippen LogP contribution in [0.4, 0.5) is 22.7 Å². The predicted octanol–water partition coefficient (Wildman–Crippen LogP) is 5.10. The molecule has 9 heteroatoms. The molecule has 2 N–H and O–H groups in total. The van der Waals surface area contributed by atoms with Crippen LogP contribution in [0.5, 0.6) is 5.75 Å². The average molecular weight is 489 g/mol. The summed E-state index contributed by atoms with van der Waals surface area (Å²) >= 11 is 0. The van der Waals surface area contributed by atoms with E-state index in [0.29, 0.717) is 28.7 Å². The lowest BCUT2D eigenvalue weighted by molar-refractivity contribution is -0.384. The molecule has 4 rings (SSSR count). The summed E-state index contributed by atoms with van der Waals surface area (Å²) in [5.41, 5.74) is 1.90. The molecule has 2 amide bonds. The molecule has 0 radical (unpaired) electrons. The third kappa shape index (κ3) is 6.38. The van der Waals surface area contributed by atoms with Crippen LogP contribution in [0.3, 0.4) is 0 Å². The standard InChI is InChI=1S/C27H28N4O5/c1-19-12-14-30(15-13-19)25-11-10-22(31(34)35)17-24(25)27(33)29-21-8-5-9-23(16-21)36-18-26(32)28-20-6-3-2-4-7-20/h2-11,16-17,19H,12-15,18H2,1H3,(H,28,32)(H,29,33). The zero-order valence-electron chi connectivity index (χ0n) is 20.0. The number of non-ortho nitro benzene ring substituents is 1. The smallest absolute Gasteiger partial charge is 0.270 e. The molecule has 0 bridgehead atoms. The average Bonchev–Trinajstić information content (AvgIpc) is 2.88. The normalized spacial score (nSPS) is 13.6. The second kappa shape index (κ2) is 11.4. The maximum Gasteiger partial charge on any atom is 0.270 e. The van der Waals surface area contributed by atoms with Crippen molar-refractivity contribution in [2.75, 3.05) is 35.2 Å². The van der Waals surface area contributed by atoms with Crippen LogP contribution in [-0.2, 0) is 4.79 Å². The van der Waals surface area contributed by atoms with E-state index in [1.165, 1.54) is 12.1 Å². The van der Waals surface area contributed by atoms with Crippen LogP contribution in [0, 0.1) is 16.0 Å². The van der Waals surface area contributed by atoms with Gasteiger partial charge in [-0.2, -0.15) is 0 Å². The number of hydrogen-bond donors (Lipinski definition) is 2. The first-order valence-corrected chi connectivity index (χ1v) is 11.8. The van der Waals surface area contributed by atoms with Crippen molar-refractivity contribution in [1.82, 2.24) is 0 Å². The minimum Gasteiger partial charge on any atom is -0.484 e. The predicted molar refractivity (Wildman–Crippen MR) is 139 cm³/mol. The molecule has 186 valence electrons. The molecule has 36 heavy (non-hydrogen) atoms. The number of piperidine rings is 1. The van der Waals surface area contributed by atoms with E-state index < -0.39 is 10.8 Å². The highest BCUT2D eigenvalue weighted by molar-refractivity contribution is 6.08. The Balaban J connectivity index is 1.45. The van der Waals surface area contributed by atoms with Crippen LogP contribution in [0.25, 0.3) is 0 Å². The van der Waals surface area contributed by atoms with Gasteiger partial charge in [0.05, 0.1) is 16.2 Å². The van der Waals surface area contributed by atoms with Gasteiger partial charge in [-0.25, -0.2) is 0 Å². The van der Waals surface area contributed by atoms with E-state index >= 15 is 0 Å². The molecule has 0 aliphatic carbocycles. The van der Waals surface area contributed by atoms with Crippen LogP contribution in [0.1, 0.15) is 30.1 Å². The minimum atomic E-state index is -0.506. The Labute approximate surface area is 209 Å². The van der Waals surface area contributed by atoms with Gasteiger partial charge in [0.25, 0.3) is 17.5 Å². The molecule has 1 aliphatic rings. The van der Waals surface area contributed by atoms with Crippen LogP contribution in [-0.4, -0.2) is 36.4 Å². The minimum absolute atomic E-state index is 0.143. The summed E-state index contributed by atoms with van der Waals surface area (Å²) in [5, 5.41) is 16.9. The van der Waals surface area contributed by atoms with Crippen molar-refractivity contribution < 1.29 is 19.2 Å². The molecule has 1 saturated heterocycles. The lowest BCUT2D eigenvalue weighted by Gasteiger charge is -2.33. The van der Waals surface area contributed by atoms with Gasteiger partial charge in [0.2, 0.25) is 0 Å². The molecule has 0 atom stereocenters. The number of nitrogens with zero attached hydrogens (tertiary/aromatic N) is 2. The highest BCUT2D eigenvalue weighted by Crippen LogP contribution is 2.30. The number of rotatable bonds is 8. The Kier molecular flexibility index (Phi) is 7.79. The van der Waals surface area contributed by atoms with E-state index in [4.69, 9.17) is 4.74 Å². The first kappa shape index (κ1) is 24.7. The van der Waals surface area contributed by atoms with Gasteiger partial charge >= 0.3 is 0 Å².